The van der Waals surface area contributed by atoms with Crippen LogP contribution in [0.15, 0.2) is 42.5 Å². The molecule has 0 spiro atoms. The molecule has 0 saturated carbocycles. The van der Waals surface area contributed by atoms with E-state index in [1.807, 2.05) is 6.07 Å². The summed E-state index contributed by atoms with van der Waals surface area (Å²) in [4.78, 5) is 29.1. The Bertz CT molecular complexity index is 848. The van der Waals surface area contributed by atoms with Crippen molar-refractivity contribution < 1.29 is 19.1 Å². The lowest BCUT2D eigenvalue weighted by Gasteiger charge is -2.35. The first-order valence-corrected chi connectivity index (χ1v) is 8.98. The maximum absolute atomic E-state index is 12.8. The molecule has 27 heavy (non-hydrogen) atoms. The van der Waals surface area contributed by atoms with Crippen molar-refractivity contribution in [2.24, 2.45) is 0 Å². The van der Waals surface area contributed by atoms with Gasteiger partial charge in [0.15, 0.2) is 0 Å². The minimum Gasteiger partial charge on any atom is -0.496 e. The van der Waals surface area contributed by atoms with Crippen LogP contribution in [0.4, 0.5) is 0 Å². The Morgan fingerprint density at radius 2 is 1.33 bits per heavy atom. The van der Waals surface area contributed by atoms with E-state index in [9.17, 15) is 9.59 Å². The molecular formula is C20H21ClN2O4. The van der Waals surface area contributed by atoms with Crippen LogP contribution in [0.1, 0.15) is 20.7 Å². The van der Waals surface area contributed by atoms with E-state index in [2.05, 4.69) is 0 Å². The monoisotopic (exact) mass is 388 g/mol. The molecule has 0 N–H and O–H groups in total. The van der Waals surface area contributed by atoms with Gasteiger partial charge in [0, 0.05) is 31.2 Å². The number of hydrogen-bond acceptors (Lipinski definition) is 4. The average molecular weight is 389 g/mol. The van der Waals surface area contributed by atoms with E-state index in [0.717, 1.165) is 0 Å². The van der Waals surface area contributed by atoms with Crippen molar-refractivity contribution in [2.75, 3.05) is 40.4 Å². The molecular weight excluding hydrogens is 368 g/mol. The largest absolute Gasteiger partial charge is 0.496 e. The predicted octanol–water partition coefficient (Wildman–Crippen LogP) is 2.96. The highest BCUT2D eigenvalue weighted by Crippen LogP contribution is 2.25. The first kappa shape index (κ1) is 19.0. The van der Waals surface area contributed by atoms with Crippen LogP contribution < -0.4 is 9.47 Å². The van der Waals surface area contributed by atoms with Crippen LogP contribution in [0.3, 0.4) is 0 Å². The van der Waals surface area contributed by atoms with Gasteiger partial charge in [-0.3, -0.25) is 9.59 Å². The summed E-state index contributed by atoms with van der Waals surface area (Å²) in [5.74, 6) is 0.778. The van der Waals surface area contributed by atoms with Gasteiger partial charge in [-0.2, -0.15) is 0 Å². The summed E-state index contributed by atoms with van der Waals surface area (Å²) in [5.41, 5.74) is 0.950. The van der Waals surface area contributed by atoms with E-state index in [-0.39, 0.29) is 11.8 Å². The molecule has 3 rings (SSSR count). The molecule has 0 bridgehead atoms. The van der Waals surface area contributed by atoms with E-state index in [1.54, 1.807) is 53.3 Å². The molecule has 1 aliphatic rings. The van der Waals surface area contributed by atoms with E-state index in [1.165, 1.54) is 7.11 Å². The number of hydrogen-bond donors (Lipinski definition) is 0. The SMILES string of the molecule is COc1ccccc1C(=O)N1CCN(C(=O)c2cc(Cl)ccc2OC)CC1. The highest BCUT2D eigenvalue weighted by atomic mass is 35.5. The fraction of sp³-hybridized carbons (Fsp3) is 0.300. The van der Waals surface area contributed by atoms with Gasteiger partial charge in [-0.1, -0.05) is 23.7 Å². The number of amides is 2. The Morgan fingerprint density at radius 3 is 1.93 bits per heavy atom. The minimum absolute atomic E-state index is 0.0973. The van der Waals surface area contributed by atoms with Crippen molar-refractivity contribution >= 4 is 23.4 Å². The molecule has 1 saturated heterocycles. The van der Waals surface area contributed by atoms with E-state index in [0.29, 0.717) is 53.8 Å². The molecule has 0 atom stereocenters. The van der Waals surface area contributed by atoms with Crippen LogP contribution in [0.5, 0.6) is 11.5 Å². The van der Waals surface area contributed by atoms with E-state index >= 15 is 0 Å². The first-order chi connectivity index (χ1) is 13.0. The predicted molar refractivity (Wildman–Crippen MR) is 103 cm³/mol. The molecule has 7 heteroatoms. The average Bonchev–Trinajstić information content (AvgIpc) is 2.72. The maximum Gasteiger partial charge on any atom is 0.257 e. The summed E-state index contributed by atoms with van der Waals surface area (Å²) >= 11 is 6.03. The molecule has 0 unspecified atom stereocenters. The number of piperazine rings is 1. The molecule has 2 amide bonds. The van der Waals surface area contributed by atoms with E-state index < -0.39 is 0 Å². The van der Waals surface area contributed by atoms with Crippen molar-refractivity contribution in [1.29, 1.82) is 0 Å². The lowest BCUT2D eigenvalue weighted by atomic mass is 10.1. The zero-order chi connectivity index (χ0) is 19.4. The number of rotatable bonds is 4. The van der Waals surface area contributed by atoms with Crippen LogP contribution in [-0.2, 0) is 0 Å². The molecule has 142 valence electrons. The molecule has 2 aromatic rings. The number of nitrogens with zero attached hydrogens (tertiary/aromatic N) is 2. The number of ether oxygens (including phenoxy) is 2. The molecule has 0 aromatic heterocycles. The van der Waals surface area contributed by atoms with Gasteiger partial charge in [0.25, 0.3) is 11.8 Å². The van der Waals surface area contributed by atoms with Crippen LogP contribution in [-0.4, -0.2) is 62.0 Å². The van der Waals surface area contributed by atoms with Gasteiger partial charge >= 0.3 is 0 Å². The molecule has 6 nitrogen and oxygen atoms in total. The fourth-order valence-corrected chi connectivity index (χ4v) is 3.29. The Labute approximate surface area is 163 Å². The maximum atomic E-state index is 12.8. The van der Waals surface area contributed by atoms with Crippen molar-refractivity contribution in [3.05, 3.63) is 58.6 Å². The normalized spacial score (nSPS) is 14.0. The quantitative estimate of drug-likeness (QED) is 0.808. The van der Waals surface area contributed by atoms with Crippen molar-refractivity contribution in [1.82, 2.24) is 9.80 Å². The molecule has 0 aliphatic carbocycles. The Morgan fingerprint density at radius 1 is 0.815 bits per heavy atom. The molecule has 1 fully saturated rings. The zero-order valence-electron chi connectivity index (χ0n) is 15.3. The van der Waals surface area contributed by atoms with E-state index in [4.69, 9.17) is 21.1 Å². The second-order valence-electron chi connectivity index (χ2n) is 6.13. The van der Waals surface area contributed by atoms with Gasteiger partial charge in [0.1, 0.15) is 11.5 Å². The van der Waals surface area contributed by atoms with Crippen LogP contribution in [0, 0.1) is 0 Å². The van der Waals surface area contributed by atoms with Gasteiger partial charge in [-0.25, -0.2) is 0 Å². The van der Waals surface area contributed by atoms with Crippen LogP contribution >= 0.6 is 11.6 Å². The third kappa shape index (κ3) is 4.01. The number of halogens is 1. The number of carbonyl (C=O) groups is 2. The summed E-state index contributed by atoms with van der Waals surface area (Å²) in [7, 11) is 3.06. The number of methoxy groups -OCH3 is 2. The Kier molecular flexibility index (Phi) is 5.86. The van der Waals surface area contributed by atoms with Gasteiger partial charge < -0.3 is 19.3 Å². The van der Waals surface area contributed by atoms with Crippen molar-refractivity contribution in [2.45, 2.75) is 0 Å². The second-order valence-corrected chi connectivity index (χ2v) is 6.57. The minimum atomic E-state index is -0.154. The molecule has 1 heterocycles. The topological polar surface area (TPSA) is 59.1 Å². The van der Waals surface area contributed by atoms with Gasteiger partial charge in [-0.05, 0) is 30.3 Å². The van der Waals surface area contributed by atoms with Crippen molar-refractivity contribution in [3.63, 3.8) is 0 Å². The fourth-order valence-electron chi connectivity index (χ4n) is 3.12. The standard InChI is InChI=1S/C20H21ClN2O4/c1-26-17-6-4-3-5-15(17)19(24)22-9-11-23(12-10-22)20(25)16-13-14(21)7-8-18(16)27-2/h3-8,13H,9-12H2,1-2H3. The lowest BCUT2D eigenvalue weighted by molar-refractivity contribution is 0.0532. The summed E-state index contributed by atoms with van der Waals surface area (Å²) in [6, 6.07) is 12.1. The summed E-state index contributed by atoms with van der Waals surface area (Å²) in [5, 5.41) is 0.476. The summed E-state index contributed by atoms with van der Waals surface area (Å²) in [6.07, 6.45) is 0. The third-order valence-corrected chi connectivity index (χ3v) is 4.82. The Hall–Kier alpha value is -2.73. The number of carbonyl (C=O) groups excluding carboxylic acids is 2. The Balaban J connectivity index is 1.69. The van der Waals surface area contributed by atoms with Crippen LogP contribution in [0.2, 0.25) is 5.02 Å². The van der Waals surface area contributed by atoms with Gasteiger partial charge in [0.2, 0.25) is 0 Å². The lowest BCUT2D eigenvalue weighted by Crippen LogP contribution is -2.50. The first-order valence-electron chi connectivity index (χ1n) is 8.60. The molecule has 2 aromatic carbocycles. The number of para-hydroxylation sites is 1. The third-order valence-electron chi connectivity index (χ3n) is 4.58. The zero-order valence-corrected chi connectivity index (χ0v) is 16.0. The van der Waals surface area contributed by atoms with Crippen LogP contribution in [0.25, 0.3) is 0 Å². The summed E-state index contributed by atoms with van der Waals surface area (Å²) < 4.78 is 10.5. The van der Waals surface area contributed by atoms with Crippen molar-refractivity contribution in [3.8, 4) is 11.5 Å². The summed E-state index contributed by atoms with van der Waals surface area (Å²) in [6.45, 7) is 1.78. The van der Waals surface area contributed by atoms with Gasteiger partial charge in [0.05, 0.1) is 25.3 Å². The molecule has 1 aliphatic heterocycles. The van der Waals surface area contributed by atoms with Gasteiger partial charge in [-0.15, -0.1) is 0 Å². The second kappa shape index (κ2) is 8.31. The highest BCUT2D eigenvalue weighted by molar-refractivity contribution is 6.31. The number of benzene rings is 2. The highest BCUT2D eigenvalue weighted by Gasteiger charge is 2.28. The molecule has 0 radical (unpaired) electrons. The smallest absolute Gasteiger partial charge is 0.257 e.